The molecule has 0 aliphatic heterocycles. The molecule has 0 N–H and O–H groups in total. The Morgan fingerprint density at radius 1 is 1.10 bits per heavy atom. The molecule has 1 aliphatic rings. The van der Waals surface area contributed by atoms with Gasteiger partial charge >= 0.3 is 0 Å². The highest BCUT2D eigenvalue weighted by Gasteiger charge is 2.44. The van der Waals surface area contributed by atoms with Gasteiger partial charge in [-0.15, -0.1) is 0 Å². The van der Waals surface area contributed by atoms with Crippen molar-refractivity contribution in [3.05, 3.63) is 34.9 Å². The van der Waals surface area contributed by atoms with Crippen LogP contribution in [0.5, 0.6) is 0 Å². The number of rotatable bonds is 4. The summed E-state index contributed by atoms with van der Waals surface area (Å²) in [6.45, 7) is 0. The topological polar surface area (TPSA) is 42.2 Å². The van der Waals surface area contributed by atoms with Gasteiger partial charge in [0.05, 0.1) is 6.07 Å². The van der Waals surface area contributed by atoms with Crippen LogP contribution in [0, 0.1) is 11.3 Å². The molecule has 1 saturated carbocycles. The van der Waals surface area contributed by atoms with Crippen molar-refractivity contribution in [3.8, 4) is 6.07 Å². The molecule has 2 rings (SSSR count). The van der Waals surface area contributed by atoms with E-state index in [4.69, 9.17) is 21.1 Å². The molecule has 20 heavy (non-hydrogen) atoms. The number of hydrogen-bond acceptors (Lipinski definition) is 3. The van der Waals surface area contributed by atoms with Crippen LogP contribution in [0.4, 0.5) is 0 Å². The molecule has 0 atom stereocenters. The average molecular weight is 294 g/mol. The standard InChI is InChI=1S/C16H20ClNO2/c1-19-16(20-2)9-7-15(8-10-16,11-12-18)13-3-5-14(17)6-4-13/h3-6H,7-11H2,1-2H3. The van der Waals surface area contributed by atoms with Gasteiger partial charge in [0, 0.05) is 43.9 Å². The third kappa shape index (κ3) is 2.83. The van der Waals surface area contributed by atoms with Gasteiger partial charge in [-0.05, 0) is 30.5 Å². The summed E-state index contributed by atoms with van der Waals surface area (Å²) in [5.41, 5.74) is 1.07. The molecule has 0 saturated heterocycles. The first-order valence-electron chi connectivity index (χ1n) is 6.83. The van der Waals surface area contributed by atoms with Gasteiger partial charge in [-0.25, -0.2) is 0 Å². The van der Waals surface area contributed by atoms with Gasteiger partial charge in [0.25, 0.3) is 0 Å². The molecule has 0 unspecified atom stereocenters. The van der Waals surface area contributed by atoms with Crippen LogP contribution >= 0.6 is 11.6 Å². The maximum atomic E-state index is 9.21. The third-order valence-electron chi connectivity index (χ3n) is 4.59. The molecule has 0 heterocycles. The molecular weight excluding hydrogens is 274 g/mol. The number of nitrogens with zero attached hydrogens (tertiary/aromatic N) is 1. The van der Waals surface area contributed by atoms with Crippen LogP contribution in [0.3, 0.4) is 0 Å². The fraction of sp³-hybridized carbons (Fsp3) is 0.562. The second-order valence-corrected chi connectivity index (χ2v) is 5.88. The lowest BCUT2D eigenvalue weighted by Gasteiger charge is -2.44. The Morgan fingerprint density at radius 2 is 1.65 bits per heavy atom. The van der Waals surface area contributed by atoms with Gasteiger partial charge in [0.2, 0.25) is 0 Å². The highest BCUT2D eigenvalue weighted by Crippen LogP contribution is 2.46. The molecule has 1 aromatic carbocycles. The van der Waals surface area contributed by atoms with E-state index in [1.165, 1.54) is 5.56 Å². The first-order chi connectivity index (χ1) is 9.60. The quantitative estimate of drug-likeness (QED) is 0.786. The number of nitriles is 1. The van der Waals surface area contributed by atoms with Crippen molar-refractivity contribution in [1.29, 1.82) is 5.26 Å². The van der Waals surface area contributed by atoms with Crippen LogP contribution in [-0.4, -0.2) is 20.0 Å². The highest BCUT2D eigenvalue weighted by molar-refractivity contribution is 6.30. The van der Waals surface area contributed by atoms with Crippen molar-refractivity contribution in [2.24, 2.45) is 0 Å². The van der Waals surface area contributed by atoms with Gasteiger partial charge in [-0.2, -0.15) is 5.26 Å². The molecule has 1 fully saturated rings. The maximum Gasteiger partial charge on any atom is 0.167 e. The van der Waals surface area contributed by atoms with Gasteiger partial charge in [-0.3, -0.25) is 0 Å². The van der Waals surface area contributed by atoms with Crippen molar-refractivity contribution in [2.75, 3.05) is 14.2 Å². The minimum absolute atomic E-state index is 0.111. The summed E-state index contributed by atoms with van der Waals surface area (Å²) in [4.78, 5) is 0. The van der Waals surface area contributed by atoms with Crippen molar-refractivity contribution in [3.63, 3.8) is 0 Å². The van der Waals surface area contributed by atoms with Crippen LogP contribution in [0.25, 0.3) is 0 Å². The molecule has 1 aliphatic carbocycles. The Balaban J connectivity index is 2.25. The van der Waals surface area contributed by atoms with E-state index >= 15 is 0 Å². The van der Waals surface area contributed by atoms with E-state index in [1.54, 1.807) is 14.2 Å². The Morgan fingerprint density at radius 3 is 2.10 bits per heavy atom. The third-order valence-corrected chi connectivity index (χ3v) is 4.84. The van der Waals surface area contributed by atoms with Crippen LogP contribution in [0.15, 0.2) is 24.3 Å². The maximum absolute atomic E-state index is 9.21. The summed E-state index contributed by atoms with van der Waals surface area (Å²) < 4.78 is 11.1. The molecular formula is C16H20ClNO2. The monoisotopic (exact) mass is 293 g/mol. The van der Waals surface area contributed by atoms with Crippen LogP contribution < -0.4 is 0 Å². The van der Waals surface area contributed by atoms with Crippen molar-refractivity contribution in [1.82, 2.24) is 0 Å². The van der Waals surface area contributed by atoms with E-state index in [2.05, 4.69) is 6.07 Å². The molecule has 0 aromatic heterocycles. The summed E-state index contributed by atoms with van der Waals surface area (Å²) >= 11 is 5.96. The van der Waals surface area contributed by atoms with E-state index < -0.39 is 5.79 Å². The van der Waals surface area contributed by atoms with Crippen molar-refractivity contribution < 1.29 is 9.47 Å². The molecule has 0 amide bonds. The van der Waals surface area contributed by atoms with Crippen LogP contribution in [0.2, 0.25) is 5.02 Å². The predicted molar refractivity (Wildman–Crippen MR) is 78.6 cm³/mol. The van der Waals surface area contributed by atoms with Crippen molar-refractivity contribution >= 4 is 11.6 Å². The number of hydrogen-bond donors (Lipinski definition) is 0. The van der Waals surface area contributed by atoms with E-state index in [0.29, 0.717) is 6.42 Å². The second kappa shape index (κ2) is 6.13. The zero-order valence-corrected chi connectivity index (χ0v) is 12.7. The lowest BCUT2D eigenvalue weighted by Crippen LogP contribution is -2.43. The summed E-state index contributed by atoms with van der Waals surface area (Å²) in [5.74, 6) is -0.495. The van der Waals surface area contributed by atoms with Crippen LogP contribution in [0.1, 0.15) is 37.7 Å². The fourth-order valence-corrected chi connectivity index (χ4v) is 3.25. The molecule has 0 bridgehead atoms. The van der Waals surface area contributed by atoms with E-state index in [1.807, 2.05) is 24.3 Å². The number of halogens is 1. The second-order valence-electron chi connectivity index (χ2n) is 5.44. The Hall–Kier alpha value is -1.08. The lowest BCUT2D eigenvalue weighted by atomic mass is 9.66. The largest absolute Gasteiger partial charge is 0.353 e. The molecule has 108 valence electrons. The van der Waals surface area contributed by atoms with Gasteiger partial charge in [-0.1, -0.05) is 23.7 Å². The normalized spacial score (nSPS) is 20.3. The zero-order chi connectivity index (χ0) is 14.6. The van der Waals surface area contributed by atoms with E-state index in [0.717, 1.165) is 30.7 Å². The summed E-state index contributed by atoms with van der Waals surface area (Å²) in [6.07, 6.45) is 3.86. The zero-order valence-electron chi connectivity index (χ0n) is 12.0. The van der Waals surface area contributed by atoms with Crippen LogP contribution in [-0.2, 0) is 14.9 Å². The molecule has 0 spiro atoms. The number of ether oxygens (including phenoxy) is 2. The Bertz CT molecular complexity index is 478. The first-order valence-corrected chi connectivity index (χ1v) is 7.21. The van der Waals surface area contributed by atoms with Gasteiger partial charge < -0.3 is 9.47 Å². The molecule has 3 nitrogen and oxygen atoms in total. The number of benzene rings is 1. The fourth-order valence-electron chi connectivity index (χ4n) is 3.12. The summed E-state index contributed by atoms with van der Waals surface area (Å²) in [5, 5.41) is 9.93. The molecule has 1 aromatic rings. The molecule has 4 heteroatoms. The molecule has 0 radical (unpaired) electrons. The minimum Gasteiger partial charge on any atom is -0.353 e. The highest BCUT2D eigenvalue weighted by atomic mass is 35.5. The summed E-state index contributed by atoms with van der Waals surface area (Å²) in [7, 11) is 3.37. The Labute approximate surface area is 125 Å². The van der Waals surface area contributed by atoms with Gasteiger partial charge in [0.15, 0.2) is 5.79 Å². The van der Waals surface area contributed by atoms with E-state index in [-0.39, 0.29) is 5.41 Å². The smallest absolute Gasteiger partial charge is 0.167 e. The number of methoxy groups -OCH3 is 2. The average Bonchev–Trinajstić information content (AvgIpc) is 2.49. The van der Waals surface area contributed by atoms with Gasteiger partial charge in [0.1, 0.15) is 0 Å². The Kier molecular flexibility index (Phi) is 4.70. The first kappa shape index (κ1) is 15.3. The predicted octanol–water partition coefficient (Wildman–Crippen LogP) is 4.05. The SMILES string of the molecule is COC1(OC)CCC(CC#N)(c2ccc(Cl)cc2)CC1. The van der Waals surface area contributed by atoms with E-state index in [9.17, 15) is 5.26 Å². The minimum atomic E-state index is -0.495. The lowest BCUT2D eigenvalue weighted by molar-refractivity contribution is -0.229. The van der Waals surface area contributed by atoms with Crippen molar-refractivity contribution in [2.45, 2.75) is 43.3 Å². The summed E-state index contributed by atoms with van der Waals surface area (Å²) in [6, 6.07) is 10.2.